The molecule has 1 heterocycles. The normalized spacial score (nSPS) is 12.7. The van der Waals surface area contributed by atoms with Gasteiger partial charge >= 0.3 is 0 Å². The molecule has 0 saturated heterocycles. The summed E-state index contributed by atoms with van der Waals surface area (Å²) in [5.41, 5.74) is 2.27. The number of aryl methyl sites for hydroxylation is 1. The predicted molar refractivity (Wildman–Crippen MR) is 82.6 cm³/mol. The molecule has 3 nitrogen and oxygen atoms in total. The third-order valence-electron chi connectivity index (χ3n) is 3.83. The smallest absolute Gasteiger partial charge is 0.131 e. The Morgan fingerprint density at radius 1 is 1.19 bits per heavy atom. The van der Waals surface area contributed by atoms with Crippen LogP contribution < -0.4 is 5.32 Å². The van der Waals surface area contributed by atoms with Crippen LogP contribution in [0.15, 0.2) is 48.8 Å². The number of likely N-dealkylation sites (N-methyl/N-ethyl adjacent to an activating group) is 1. The summed E-state index contributed by atoms with van der Waals surface area (Å²) in [6.45, 7) is 0. The second kappa shape index (κ2) is 5.66. The summed E-state index contributed by atoms with van der Waals surface area (Å²) in [6, 6.07) is 11.2. The van der Waals surface area contributed by atoms with Crippen molar-refractivity contribution >= 4 is 10.8 Å². The minimum Gasteiger partial charge on any atom is -0.313 e. The third-order valence-corrected chi connectivity index (χ3v) is 3.83. The molecule has 2 aromatic carbocycles. The van der Waals surface area contributed by atoms with Crippen molar-refractivity contribution in [3.63, 3.8) is 0 Å². The number of hydrogen-bond donors (Lipinski definition) is 1. The summed E-state index contributed by atoms with van der Waals surface area (Å²) >= 11 is 0. The Balaban J connectivity index is 2.03. The van der Waals surface area contributed by atoms with Crippen LogP contribution in [0.3, 0.4) is 0 Å². The predicted octanol–water partition coefficient (Wildman–Crippen LogP) is 3.22. The van der Waals surface area contributed by atoms with Crippen molar-refractivity contribution in [1.82, 2.24) is 15.1 Å². The van der Waals surface area contributed by atoms with Crippen molar-refractivity contribution in [3.8, 4) is 0 Å². The van der Waals surface area contributed by atoms with E-state index in [1.807, 2.05) is 56.8 Å². The van der Waals surface area contributed by atoms with Crippen LogP contribution in [-0.2, 0) is 13.5 Å². The number of benzene rings is 2. The monoisotopic (exact) mass is 283 g/mol. The summed E-state index contributed by atoms with van der Waals surface area (Å²) in [4.78, 5) is 0. The van der Waals surface area contributed by atoms with Gasteiger partial charge in [0.25, 0.3) is 0 Å². The maximum absolute atomic E-state index is 13.9. The molecule has 0 spiro atoms. The minimum atomic E-state index is -0.175. The van der Waals surface area contributed by atoms with Crippen LogP contribution >= 0.6 is 0 Å². The number of nitrogens with zero attached hydrogens (tertiary/aromatic N) is 2. The molecule has 0 bridgehead atoms. The number of hydrogen-bond acceptors (Lipinski definition) is 2. The molecule has 0 aliphatic carbocycles. The molecule has 0 saturated carbocycles. The van der Waals surface area contributed by atoms with E-state index in [0.29, 0.717) is 5.39 Å². The lowest BCUT2D eigenvalue weighted by molar-refractivity contribution is 0.592. The molecule has 1 atom stereocenters. The Morgan fingerprint density at radius 2 is 1.95 bits per heavy atom. The number of rotatable bonds is 4. The van der Waals surface area contributed by atoms with E-state index < -0.39 is 0 Å². The van der Waals surface area contributed by atoms with Gasteiger partial charge in [0.1, 0.15) is 5.82 Å². The highest BCUT2D eigenvalue weighted by atomic mass is 19.1. The van der Waals surface area contributed by atoms with Gasteiger partial charge in [0.05, 0.1) is 6.20 Å². The first-order valence-electron chi connectivity index (χ1n) is 7.01. The average molecular weight is 283 g/mol. The first-order chi connectivity index (χ1) is 10.2. The van der Waals surface area contributed by atoms with Gasteiger partial charge in [-0.05, 0) is 36.0 Å². The van der Waals surface area contributed by atoms with Crippen molar-refractivity contribution in [2.24, 2.45) is 7.05 Å². The molecule has 1 aromatic heterocycles. The largest absolute Gasteiger partial charge is 0.313 e. The third kappa shape index (κ3) is 2.67. The SMILES string of the molecule is CNC(Cc1cnn(C)c1)c1ccc(F)c2ccccc12. The summed E-state index contributed by atoms with van der Waals surface area (Å²) < 4.78 is 15.7. The van der Waals surface area contributed by atoms with Gasteiger partial charge in [0.2, 0.25) is 0 Å². The zero-order valence-corrected chi connectivity index (χ0v) is 12.2. The first kappa shape index (κ1) is 13.8. The van der Waals surface area contributed by atoms with Crippen molar-refractivity contribution in [2.75, 3.05) is 7.05 Å². The highest BCUT2D eigenvalue weighted by Gasteiger charge is 2.15. The fourth-order valence-electron chi connectivity index (χ4n) is 2.77. The van der Waals surface area contributed by atoms with E-state index in [0.717, 1.165) is 22.9 Å². The average Bonchev–Trinajstić information content (AvgIpc) is 2.91. The highest BCUT2D eigenvalue weighted by molar-refractivity contribution is 5.86. The number of nitrogens with one attached hydrogen (secondary N) is 1. The van der Waals surface area contributed by atoms with Crippen LogP contribution in [0.1, 0.15) is 17.2 Å². The Labute approximate surface area is 123 Å². The molecule has 0 aliphatic rings. The Hall–Kier alpha value is -2.20. The van der Waals surface area contributed by atoms with Gasteiger partial charge in [0.15, 0.2) is 0 Å². The molecule has 0 aliphatic heterocycles. The summed E-state index contributed by atoms with van der Waals surface area (Å²) in [6.07, 6.45) is 4.70. The molecule has 4 heteroatoms. The van der Waals surface area contributed by atoms with E-state index >= 15 is 0 Å². The zero-order chi connectivity index (χ0) is 14.8. The van der Waals surface area contributed by atoms with Gasteiger partial charge in [-0.25, -0.2) is 4.39 Å². The first-order valence-corrected chi connectivity index (χ1v) is 7.01. The standard InChI is InChI=1S/C17H18FN3/c1-19-17(9-12-10-20-21(2)11-12)15-7-8-16(18)14-6-4-3-5-13(14)15/h3-8,10-11,17,19H,9H2,1-2H3. The lowest BCUT2D eigenvalue weighted by Gasteiger charge is -2.18. The fourth-order valence-corrected chi connectivity index (χ4v) is 2.77. The van der Waals surface area contributed by atoms with Crippen molar-refractivity contribution in [3.05, 3.63) is 65.7 Å². The summed E-state index contributed by atoms with van der Waals surface area (Å²) in [7, 11) is 3.84. The van der Waals surface area contributed by atoms with Gasteiger partial charge in [-0.3, -0.25) is 4.68 Å². The topological polar surface area (TPSA) is 29.9 Å². The molecular formula is C17H18FN3. The molecule has 0 fully saturated rings. The number of aromatic nitrogens is 2. The van der Waals surface area contributed by atoms with Crippen LogP contribution in [0, 0.1) is 5.82 Å². The van der Waals surface area contributed by atoms with Gasteiger partial charge in [0, 0.05) is 24.7 Å². The quantitative estimate of drug-likeness (QED) is 0.797. The molecule has 21 heavy (non-hydrogen) atoms. The van der Waals surface area contributed by atoms with E-state index in [2.05, 4.69) is 10.4 Å². The van der Waals surface area contributed by atoms with E-state index in [1.165, 1.54) is 0 Å². The summed E-state index contributed by atoms with van der Waals surface area (Å²) in [5, 5.41) is 9.16. The molecule has 108 valence electrons. The number of fused-ring (bicyclic) bond motifs is 1. The van der Waals surface area contributed by atoms with Crippen LogP contribution in [0.2, 0.25) is 0 Å². The van der Waals surface area contributed by atoms with Crippen molar-refractivity contribution < 1.29 is 4.39 Å². The fraction of sp³-hybridized carbons (Fsp3) is 0.235. The van der Waals surface area contributed by atoms with E-state index in [1.54, 1.807) is 10.7 Å². The molecule has 0 amide bonds. The van der Waals surface area contributed by atoms with E-state index in [4.69, 9.17) is 0 Å². The molecule has 1 N–H and O–H groups in total. The Kier molecular flexibility index (Phi) is 3.71. The van der Waals surface area contributed by atoms with Crippen LogP contribution in [-0.4, -0.2) is 16.8 Å². The van der Waals surface area contributed by atoms with Crippen LogP contribution in [0.25, 0.3) is 10.8 Å². The van der Waals surface area contributed by atoms with Crippen LogP contribution in [0.4, 0.5) is 4.39 Å². The van der Waals surface area contributed by atoms with Gasteiger partial charge in [-0.1, -0.05) is 30.3 Å². The maximum Gasteiger partial charge on any atom is 0.131 e. The van der Waals surface area contributed by atoms with Crippen molar-refractivity contribution in [2.45, 2.75) is 12.5 Å². The lowest BCUT2D eigenvalue weighted by atomic mass is 9.95. The summed E-state index contributed by atoms with van der Waals surface area (Å²) in [5.74, 6) is -0.175. The molecular weight excluding hydrogens is 265 g/mol. The van der Waals surface area contributed by atoms with E-state index in [-0.39, 0.29) is 11.9 Å². The van der Waals surface area contributed by atoms with Gasteiger partial charge in [-0.2, -0.15) is 5.10 Å². The van der Waals surface area contributed by atoms with Crippen molar-refractivity contribution in [1.29, 1.82) is 0 Å². The Morgan fingerprint density at radius 3 is 2.62 bits per heavy atom. The van der Waals surface area contributed by atoms with Gasteiger partial charge < -0.3 is 5.32 Å². The highest BCUT2D eigenvalue weighted by Crippen LogP contribution is 2.28. The maximum atomic E-state index is 13.9. The molecule has 0 radical (unpaired) electrons. The second-order valence-corrected chi connectivity index (χ2v) is 5.25. The molecule has 1 unspecified atom stereocenters. The minimum absolute atomic E-state index is 0.125. The second-order valence-electron chi connectivity index (χ2n) is 5.25. The molecule has 3 aromatic rings. The Bertz CT molecular complexity index is 764. The number of halogens is 1. The lowest BCUT2D eigenvalue weighted by Crippen LogP contribution is -2.19. The molecule has 3 rings (SSSR count). The zero-order valence-electron chi connectivity index (χ0n) is 12.2. The van der Waals surface area contributed by atoms with Gasteiger partial charge in [-0.15, -0.1) is 0 Å². The van der Waals surface area contributed by atoms with E-state index in [9.17, 15) is 4.39 Å². The van der Waals surface area contributed by atoms with Crippen LogP contribution in [0.5, 0.6) is 0 Å².